The lowest BCUT2D eigenvalue weighted by Gasteiger charge is -2.29. The predicted octanol–water partition coefficient (Wildman–Crippen LogP) is 4.21. The highest BCUT2D eigenvalue weighted by atomic mass is 35.5. The van der Waals surface area contributed by atoms with Crippen LogP contribution in [0.2, 0.25) is 5.02 Å². The normalized spacial score (nSPS) is 18.1. The van der Waals surface area contributed by atoms with Crippen molar-refractivity contribution in [2.45, 2.75) is 33.1 Å². The molecule has 1 aromatic rings. The highest BCUT2D eigenvalue weighted by Crippen LogP contribution is 2.36. The van der Waals surface area contributed by atoms with E-state index in [1.165, 1.54) is 0 Å². The van der Waals surface area contributed by atoms with Crippen LogP contribution in [0.4, 0.5) is 0 Å². The van der Waals surface area contributed by atoms with Gasteiger partial charge >= 0.3 is 0 Å². The lowest BCUT2D eigenvalue weighted by atomic mass is 9.75. The molecular weight excluding hydrogens is 260 g/mol. The molecule has 2 rings (SSSR count). The van der Waals surface area contributed by atoms with Crippen molar-refractivity contribution in [3.63, 3.8) is 0 Å². The molecule has 0 amide bonds. The number of hydrogen-bond donors (Lipinski definition) is 0. The molecule has 1 aromatic carbocycles. The zero-order valence-corrected chi connectivity index (χ0v) is 12.4. The van der Waals surface area contributed by atoms with E-state index in [2.05, 4.69) is 13.8 Å². The summed E-state index contributed by atoms with van der Waals surface area (Å²) in [5, 5.41) is 0.692. The van der Waals surface area contributed by atoms with Crippen LogP contribution in [0.15, 0.2) is 29.8 Å². The molecule has 0 N–H and O–H groups in total. The third-order valence-corrected chi connectivity index (χ3v) is 3.62. The number of methoxy groups -OCH3 is 1. The molecule has 0 spiro atoms. The van der Waals surface area contributed by atoms with Crippen LogP contribution in [0.5, 0.6) is 5.75 Å². The molecule has 0 saturated heterocycles. The van der Waals surface area contributed by atoms with Gasteiger partial charge < -0.3 is 4.74 Å². The van der Waals surface area contributed by atoms with Gasteiger partial charge in [-0.05, 0) is 48.1 Å². The Morgan fingerprint density at radius 1 is 1.32 bits per heavy atom. The van der Waals surface area contributed by atoms with Crippen LogP contribution in [0.25, 0.3) is 0 Å². The highest BCUT2D eigenvalue weighted by molar-refractivity contribution is 6.30. The number of hydrogen-bond acceptors (Lipinski definition) is 2. The Morgan fingerprint density at radius 2 is 2.05 bits per heavy atom. The molecule has 19 heavy (non-hydrogen) atoms. The van der Waals surface area contributed by atoms with Crippen LogP contribution in [0.1, 0.15) is 32.3 Å². The van der Waals surface area contributed by atoms with E-state index in [9.17, 15) is 4.79 Å². The van der Waals surface area contributed by atoms with Crippen molar-refractivity contribution in [2.24, 2.45) is 5.41 Å². The van der Waals surface area contributed by atoms with Gasteiger partial charge in [-0.1, -0.05) is 31.0 Å². The van der Waals surface area contributed by atoms with Crippen LogP contribution < -0.4 is 4.74 Å². The van der Waals surface area contributed by atoms with Gasteiger partial charge in [-0.15, -0.1) is 0 Å². The molecule has 0 atom stereocenters. The van der Waals surface area contributed by atoms with Gasteiger partial charge in [-0.2, -0.15) is 0 Å². The van der Waals surface area contributed by atoms with Crippen LogP contribution in [-0.4, -0.2) is 12.9 Å². The Morgan fingerprint density at radius 3 is 2.68 bits per heavy atom. The summed E-state index contributed by atoms with van der Waals surface area (Å²) >= 11 is 6.03. The van der Waals surface area contributed by atoms with Gasteiger partial charge in [0.1, 0.15) is 5.75 Å². The fourth-order valence-electron chi connectivity index (χ4n) is 2.72. The van der Waals surface area contributed by atoms with Gasteiger partial charge in [-0.25, -0.2) is 0 Å². The summed E-state index contributed by atoms with van der Waals surface area (Å²) in [7, 11) is 1.65. The molecule has 0 radical (unpaired) electrons. The second kappa shape index (κ2) is 5.38. The van der Waals surface area contributed by atoms with Crippen LogP contribution in [0.3, 0.4) is 0 Å². The fraction of sp³-hybridized carbons (Fsp3) is 0.438. The number of ketones is 1. The zero-order valence-electron chi connectivity index (χ0n) is 11.6. The Balaban J connectivity index is 2.26. The lowest BCUT2D eigenvalue weighted by molar-refractivity contribution is -0.117. The predicted molar refractivity (Wildman–Crippen MR) is 77.8 cm³/mol. The molecule has 2 nitrogen and oxygen atoms in total. The molecule has 3 heteroatoms. The minimum Gasteiger partial charge on any atom is -0.496 e. The first-order valence-electron chi connectivity index (χ1n) is 6.44. The molecule has 0 fully saturated rings. The van der Waals surface area contributed by atoms with E-state index in [4.69, 9.17) is 16.3 Å². The standard InChI is InChI=1S/C16H19ClO2/c1-16(2)9-11(7-14(18)10-16)6-12-8-13(17)4-5-15(12)19-3/h4-5,7-8H,6,9-10H2,1-3H3. The fourth-order valence-corrected chi connectivity index (χ4v) is 2.92. The maximum atomic E-state index is 11.8. The van der Waals surface area contributed by atoms with Crippen LogP contribution >= 0.6 is 11.6 Å². The van der Waals surface area contributed by atoms with Crippen molar-refractivity contribution in [3.8, 4) is 5.75 Å². The second-order valence-electron chi connectivity index (χ2n) is 5.92. The number of halogens is 1. The number of benzene rings is 1. The summed E-state index contributed by atoms with van der Waals surface area (Å²) in [5.41, 5.74) is 2.24. The van der Waals surface area contributed by atoms with E-state index < -0.39 is 0 Å². The summed E-state index contributed by atoms with van der Waals surface area (Å²) in [6, 6.07) is 5.59. The molecule has 0 saturated carbocycles. The number of allylic oxidation sites excluding steroid dienone is 2. The van der Waals surface area contributed by atoms with Crippen molar-refractivity contribution in [1.29, 1.82) is 0 Å². The van der Waals surface area contributed by atoms with E-state index in [0.29, 0.717) is 11.4 Å². The zero-order chi connectivity index (χ0) is 14.0. The molecule has 1 aliphatic rings. The Labute approximate surface area is 119 Å². The number of rotatable bonds is 3. The van der Waals surface area contributed by atoms with Gasteiger partial charge in [0.25, 0.3) is 0 Å². The van der Waals surface area contributed by atoms with Crippen molar-refractivity contribution in [2.75, 3.05) is 7.11 Å². The van der Waals surface area contributed by atoms with E-state index >= 15 is 0 Å². The van der Waals surface area contributed by atoms with Crippen molar-refractivity contribution < 1.29 is 9.53 Å². The first-order chi connectivity index (χ1) is 8.89. The second-order valence-corrected chi connectivity index (χ2v) is 6.36. The van der Waals surface area contributed by atoms with Gasteiger partial charge in [0, 0.05) is 11.4 Å². The summed E-state index contributed by atoms with van der Waals surface area (Å²) in [6.07, 6.45) is 4.07. The third kappa shape index (κ3) is 3.60. The number of carbonyl (C=O) groups is 1. The molecule has 0 bridgehead atoms. The van der Waals surface area contributed by atoms with Gasteiger partial charge in [0.05, 0.1) is 7.11 Å². The Bertz CT molecular complexity index is 530. The minimum absolute atomic E-state index is 0.0486. The van der Waals surface area contributed by atoms with Crippen LogP contribution in [0, 0.1) is 5.41 Å². The Kier molecular flexibility index (Phi) is 4.00. The van der Waals surface area contributed by atoms with Gasteiger partial charge in [-0.3, -0.25) is 4.79 Å². The maximum Gasteiger partial charge on any atom is 0.156 e. The molecule has 102 valence electrons. The largest absolute Gasteiger partial charge is 0.496 e. The topological polar surface area (TPSA) is 26.3 Å². The lowest BCUT2D eigenvalue weighted by Crippen LogP contribution is -2.22. The summed E-state index contributed by atoms with van der Waals surface area (Å²) in [6.45, 7) is 4.26. The average Bonchev–Trinajstić information content (AvgIpc) is 2.26. The van der Waals surface area contributed by atoms with Crippen molar-refractivity contribution >= 4 is 17.4 Å². The molecule has 1 aliphatic carbocycles. The van der Waals surface area contributed by atoms with E-state index in [0.717, 1.165) is 29.7 Å². The maximum absolute atomic E-state index is 11.8. The summed E-state index contributed by atoms with van der Waals surface area (Å²) in [5.74, 6) is 1.04. The smallest absolute Gasteiger partial charge is 0.156 e. The van der Waals surface area contributed by atoms with Gasteiger partial charge in [0.15, 0.2) is 5.78 Å². The summed E-state index contributed by atoms with van der Waals surface area (Å²) < 4.78 is 5.35. The highest BCUT2D eigenvalue weighted by Gasteiger charge is 2.27. The van der Waals surface area contributed by atoms with Crippen LogP contribution in [-0.2, 0) is 11.2 Å². The minimum atomic E-state index is 0.0486. The molecule has 0 aromatic heterocycles. The monoisotopic (exact) mass is 278 g/mol. The molecule has 0 aliphatic heterocycles. The SMILES string of the molecule is COc1ccc(Cl)cc1CC1=CC(=O)CC(C)(C)C1. The average molecular weight is 279 g/mol. The van der Waals surface area contributed by atoms with E-state index in [1.54, 1.807) is 13.2 Å². The molecular formula is C16H19ClO2. The van der Waals surface area contributed by atoms with E-state index in [1.807, 2.05) is 18.2 Å². The molecule has 0 unspecified atom stereocenters. The number of carbonyl (C=O) groups excluding carboxylic acids is 1. The molecule has 0 heterocycles. The van der Waals surface area contributed by atoms with E-state index in [-0.39, 0.29) is 11.2 Å². The number of ether oxygens (including phenoxy) is 1. The van der Waals surface area contributed by atoms with Crippen molar-refractivity contribution in [1.82, 2.24) is 0 Å². The van der Waals surface area contributed by atoms with Crippen molar-refractivity contribution in [3.05, 3.63) is 40.4 Å². The Hall–Kier alpha value is -1.28. The first kappa shape index (κ1) is 14.1. The quantitative estimate of drug-likeness (QED) is 0.828. The first-order valence-corrected chi connectivity index (χ1v) is 6.82. The third-order valence-electron chi connectivity index (χ3n) is 3.38. The van der Waals surface area contributed by atoms with Gasteiger partial charge in [0.2, 0.25) is 0 Å². The summed E-state index contributed by atoms with van der Waals surface area (Å²) in [4.78, 5) is 11.8.